The number of benzene rings is 3. The molecule has 0 amide bonds. The van der Waals surface area contributed by atoms with Crippen molar-refractivity contribution in [2.24, 2.45) is 0 Å². The number of anilines is 3. The maximum atomic E-state index is 11.6. The van der Waals surface area contributed by atoms with Crippen LogP contribution in [-0.4, -0.2) is 56.3 Å². The van der Waals surface area contributed by atoms with Gasteiger partial charge in [-0.1, -0.05) is 30.3 Å². The van der Waals surface area contributed by atoms with Crippen LogP contribution in [0.2, 0.25) is 0 Å². The summed E-state index contributed by atoms with van der Waals surface area (Å²) in [5.74, 6) is 0.916. The molecule has 4 N–H and O–H groups in total. The van der Waals surface area contributed by atoms with Crippen LogP contribution in [0.4, 0.5) is 17.1 Å². The van der Waals surface area contributed by atoms with E-state index < -0.39 is 22.7 Å². The molecule has 1 aromatic heterocycles. The van der Waals surface area contributed by atoms with Crippen LogP contribution < -0.4 is 19.5 Å². The number of ether oxygens (including phenoxy) is 2. The molecule has 1 unspecified atom stereocenters. The van der Waals surface area contributed by atoms with Gasteiger partial charge in [-0.2, -0.15) is 0 Å². The van der Waals surface area contributed by atoms with Crippen molar-refractivity contribution in [1.29, 1.82) is 0 Å². The van der Waals surface area contributed by atoms with E-state index in [1.54, 1.807) is 24.3 Å². The highest BCUT2D eigenvalue weighted by molar-refractivity contribution is 7.92. The molecule has 0 saturated heterocycles. The van der Waals surface area contributed by atoms with Gasteiger partial charge in [0.25, 0.3) is 0 Å². The predicted octanol–water partition coefficient (Wildman–Crippen LogP) is 3.67. The summed E-state index contributed by atoms with van der Waals surface area (Å²) in [4.78, 5) is 4.76. The van der Waals surface area contributed by atoms with E-state index in [4.69, 9.17) is 19.6 Å². The first-order valence-electron chi connectivity index (χ1n) is 10.4. The van der Waals surface area contributed by atoms with Crippen LogP contribution in [0.5, 0.6) is 11.5 Å². The van der Waals surface area contributed by atoms with E-state index in [1.165, 1.54) is 7.11 Å². The first-order chi connectivity index (χ1) is 16.3. The minimum Gasteiger partial charge on any atom is -0.494 e. The van der Waals surface area contributed by atoms with E-state index in [-0.39, 0.29) is 19.0 Å². The maximum absolute atomic E-state index is 11.6. The van der Waals surface area contributed by atoms with Crippen molar-refractivity contribution in [2.75, 3.05) is 36.6 Å². The van der Waals surface area contributed by atoms with E-state index in [2.05, 4.69) is 10.0 Å². The number of pyridine rings is 1. The average molecular weight is 520 g/mol. The highest BCUT2D eigenvalue weighted by Gasteiger charge is 2.16. The summed E-state index contributed by atoms with van der Waals surface area (Å²) in [6.07, 6.45) is 0.0803. The molecule has 4 aromatic rings. The number of hydrogen-bond acceptors (Lipinski definition) is 8. The number of hydrogen-bond donors (Lipinski definition) is 4. The van der Waals surface area contributed by atoms with Crippen molar-refractivity contribution in [3.63, 3.8) is 0 Å². The smallest absolute Gasteiger partial charge is 0.229 e. The van der Waals surface area contributed by atoms with Crippen LogP contribution in [0.1, 0.15) is 0 Å². The summed E-state index contributed by atoms with van der Waals surface area (Å²) in [6, 6.07) is 18.1. The quantitative estimate of drug-likeness (QED) is 0.246. The van der Waals surface area contributed by atoms with Crippen LogP contribution >= 0.6 is 12.4 Å². The number of fused-ring (bicyclic) bond motifs is 2. The van der Waals surface area contributed by atoms with Crippen LogP contribution in [0.3, 0.4) is 0 Å². The monoisotopic (exact) mass is 519 g/mol. The number of aliphatic hydroxyl groups is 2. The maximum Gasteiger partial charge on any atom is 0.229 e. The van der Waals surface area contributed by atoms with Gasteiger partial charge in [0.05, 0.1) is 42.6 Å². The van der Waals surface area contributed by atoms with Gasteiger partial charge in [0.2, 0.25) is 10.0 Å². The number of para-hydroxylation sites is 2. The fourth-order valence-electron chi connectivity index (χ4n) is 3.58. The SMILES string of the molecule is COc1cc(NS(C)(=O)=O)ccc1Nc1c2ccccc2nc2c(OCC(O)CO)cccc12.Cl. The lowest BCUT2D eigenvalue weighted by atomic mass is 10.1. The number of methoxy groups -OCH3 is 1. The zero-order valence-electron chi connectivity index (χ0n) is 19.1. The summed E-state index contributed by atoms with van der Waals surface area (Å²) >= 11 is 0. The molecule has 0 spiro atoms. The Hall–Kier alpha value is -3.31. The Bertz CT molecular complexity index is 1450. The van der Waals surface area contributed by atoms with Gasteiger partial charge in [0.1, 0.15) is 29.7 Å². The summed E-state index contributed by atoms with van der Waals surface area (Å²) in [7, 11) is -1.93. The van der Waals surface area contributed by atoms with Gasteiger partial charge >= 0.3 is 0 Å². The Morgan fingerprint density at radius 2 is 1.77 bits per heavy atom. The Labute approximate surface area is 209 Å². The van der Waals surface area contributed by atoms with E-state index in [9.17, 15) is 13.5 Å². The highest BCUT2D eigenvalue weighted by Crippen LogP contribution is 2.39. The largest absolute Gasteiger partial charge is 0.494 e. The molecule has 1 heterocycles. The molecule has 0 aliphatic heterocycles. The average Bonchev–Trinajstić information content (AvgIpc) is 2.82. The third kappa shape index (κ3) is 6.04. The highest BCUT2D eigenvalue weighted by atomic mass is 35.5. The van der Waals surface area contributed by atoms with E-state index in [0.717, 1.165) is 28.2 Å². The Morgan fingerprint density at radius 1 is 1.03 bits per heavy atom. The summed E-state index contributed by atoms with van der Waals surface area (Å²) in [5, 5.41) is 23.9. The summed E-state index contributed by atoms with van der Waals surface area (Å²) < 4.78 is 36.9. The van der Waals surface area contributed by atoms with Crippen molar-refractivity contribution in [3.8, 4) is 11.5 Å². The molecule has 11 heteroatoms. The summed E-state index contributed by atoms with van der Waals surface area (Å²) in [6.45, 7) is -0.479. The fraction of sp³-hybridized carbons (Fsp3) is 0.208. The molecule has 9 nitrogen and oxygen atoms in total. The standard InChI is InChI=1S/C24H25N3O6S.ClH/c1-32-22-12-15(27-34(2,30)31)10-11-20(22)26-23-17-6-3-4-8-19(17)25-24-18(23)7-5-9-21(24)33-14-16(29)13-28;/h3-12,16,27-29H,13-14H2,1-2H3,(H,25,26);1H. The first-order valence-corrected chi connectivity index (χ1v) is 12.3. The summed E-state index contributed by atoms with van der Waals surface area (Å²) in [5.41, 5.74) is 3.08. The minimum absolute atomic E-state index is 0. The van der Waals surface area contributed by atoms with Gasteiger partial charge in [-0.3, -0.25) is 4.72 Å². The molecular formula is C24H26ClN3O6S. The van der Waals surface area contributed by atoms with Crippen LogP contribution in [-0.2, 0) is 10.0 Å². The van der Waals surface area contributed by atoms with Crippen molar-refractivity contribution in [1.82, 2.24) is 4.98 Å². The number of halogens is 1. The van der Waals surface area contributed by atoms with Crippen LogP contribution in [0, 0.1) is 0 Å². The number of rotatable bonds is 9. The topological polar surface area (TPSA) is 130 Å². The first kappa shape index (κ1) is 26.3. The molecule has 0 aliphatic carbocycles. The molecule has 1 atom stereocenters. The van der Waals surface area contributed by atoms with Gasteiger partial charge in [0, 0.05) is 16.8 Å². The Balaban J connectivity index is 0.00000342. The van der Waals surface area contributed by atoms with E-state index in [0.29, 0.717) is 28.4 Å². The normalized spacial score (nSPS) is 12.1. The van der Waals surface area contributed by atoms with Crippen molar-refractivity contribution < 1.29 is 28.1 Å². The lowest BCUT2D eigenvalue weighted by Crippen LogP contribution is -2.21. The molecule has 0 radical (unpaired) electrons. The third-order valence-corrected chi connectivity index (χ3v) is 5.69. The second-order valence-corrected chi connectivity index (χ2v) is 9.47. The molecule has 4 rings (SSSR count). The number of aliphatic hydroxyl groups excluding tert-OH is 2. The van der Waals surface area contributed by atoms with E-state index in [1.807, 2.05) is 36.4 Å². The molecule has 0 fully saturated rings. The second-order valence-electron chi connectivity index (χ2n) is 7.72. The lowest BCUT2D eigenvalue weighted by molar-refractivity contribution is 0.0540. The van der Waals surface area contributed by atoms with Gasteiger partial charge in [0.15, 0.2) is 0 Å². The predicted molar refractivity (Wildman–Crippen MR) is 140 cm³/mol. The van der Waals surface area contributed by atoms with Gasteiger partial charge < -0.3 is 25.0 Å². The number of nitrogens with one attached hydrogen (secondary N) is 2. The molecule has 3 aromatic carbocycles. The van der Waals surface area contributed by atoms with Gasteiger partial charge in [-0.25, -0.2) is 13.4 Å². The van der Waals surface area contributed by atoms with Crippen molar-refractivity contribution in [2.45, 2.75) is 6.10 Å². The third-order valence-electron chi connectivity index (χ3n) is 5.08. The molecule has 186 valence electrons. The van der Waals surface area contributed by atoms with Gasteiger partial charge in [-0.05, 0) is 24.3 Å². The van der Waals surface area contributed by atoms with Gasteiger partial charge in [-0.15, -0.1) is 12.4 Å². The fourth-order valence-corrected chi connectivity index (χ4v) is 4.14. The minimum atomic E-state index is -3.43. The number of nitrogens with zero attached hydrogens (tertiary/aromatic N) is 1. The molecule has 0 bridgehead atoms. The van der Waals surface area contributed by atoms with Crippen LogP contribution in [0.25, 0.3) is 21.8 Å². The number of aromatic nitrogens is 1. The Morgan fingerprint density at radius 3 is 2.49 bits per heavy atom. The zero-order valence-corrected chi connectivity index (χ0v) is 20.7. The van der Waals surface area contributed by atoms with Crippen molar-refractivity contribution >= 4 is 61.3 Å². The lowest BCUT2D eigenvalue weighted by Gasteiger charge is -2.18. The molecule has 0 aliphatic rings. The molecule has 0 saturated carbocycles. The molecule has 35 heavy (non-hydrogen) atoms. The number of sulfonamides is 1. The molecular weight excluding hydrogens is 494 g/mol. The zero-order chi connectivity index (χ0) is 24.3. The van der Waals surface area contributed by atoms with Crippen LogP contribution in [0.15, 0.2) is 60.7 Å². The Kier molecular flexibility index (Phi) is 8.23. The van der Waals surface area contributed by atoms with E-state index >= 15 is 0 Å². The second kappa shape index (κ2) is 11.0. The van der Waals surface area contributed by atoms with Crippen molar-refractivity contribution in [3.05, 3.63) is 60.7 Å².